The third-order valence-electron chi connectivity index (χ3n) is 7.16. The molecule has 3 N–H and O–H groups in total. The van der Waals surface area contributed by atoms with E-state index in [4.69, 9.17) is 9.57 Å². The zero-order valence-corrected chi connectivity index (χ0v) is 23.7. The van der Waals surface area contributed by atoms with E-state index in [1.165, 1.54) is 0 Å². The van der Waals surface area contributed by atoms with Crippen LogP contribution in [0.2, 0.25) is 0 Å². The van der Waals surface area contributed by atoms with Crippen LogP contribution in [0.15, 0.2) is 24.3 Å². The number of carbonyl (C=O) groups excluding carboxylic acids is 6. The van der Waals surface area contributed by atoms with Gasteiger partial charge < -0.3 is 25.5 Å². The zero-order chi connectivity index (χ0) is 29.2. The van der Waals surface area contributed by atoms with Crippen LogP contribution in [0.1, 0.15) is 69.8 Å². The highest BCUT2D eigenvalue weighted by molar-refractivity contribution is 8.00. The molecule has 5 amide bonds. The molecule has 3 atom stereocenters. The number of unbranched alkanes of at least 4 members (excludes halogenated alkanes) is 3. The van der Waals surface area contributed by atoms with E-state index in [0.29, 0.717) is 41.0 Å². The number of hydrogen-bond acceptors (Lipinski definition) is 9. The van der Waals surface area contributed by atoms with Crippen molar-refractivity contribution in [2.45, 2.75) is 88.0 Å². The molecule has 3 fully saturated rings. The Morgan fingerprint density at radius 1 is 0.902 bits per heavy atom. The summed E-state index contributed by atoms with van der Waals surface area (Å²) in [6, 6.07) is 6.69. The highest BCUT2D eigenvalue weighted by Gasteiger charge is 2.42. The van der Waals surface area contributed by atoms with Crippen molar-refractivity contribution in [3.63, 3.8) is 0 Å². The van der Waals surface area contributed by atoms with Crippen molar-refractivity contribution >= 4 is 47.5 Å². The molecule has 3 heterocycles. The summed E-state index contributed by atoms with van der Waals surface area (Å²) >= 11 is 1.88. The third-order valence-corrected chi connectivity index (χ3v) is 8.67. The molecule has 12 nitrogen and oxygen atoms in total. The predicted molar refractivity (Wildman–Crippen MR) is 148 cm³/mol. The summed E-state index contributed by atoms with van der Waals surface area (Å²) in [5, 5.41) is 9.77. The Kier molecular flexibility index (Phi) is 11.0. The van der Waals surface area contributed by atoms with Crippen molar-refractivity contribution in [2.75, 3.05) is 12.3 Å². The van der Waals surface area contributed by atoms with Crippen LogP contribution in [-0.2, 0) is 35.2 Å². The standard InChI is InChI=1S/C28H36N4O8S/c33-22(7-4-3-6-21-27-20(17-41-21)30-28(38)31-27)29-15-5-1-2-8-25(36)39-19-11-9-18(10-12-19)16-26(37)40-32-23(34)13-14-24(32)35/h9-12,20-21,27H,1-8,13-17H2,(H,29,33)(H2,30,31,38)/t20-,21-,27-/m0/s1. The van der Waals surface area contributed by atoms with Crippen molar-refractivity contribution in [1.29, 1.82) is 0 Å². The topological polar surface area (TPSA) is 160 Å². The lowest BCUT2D eigenvalue weighted by Crippen LogP contribution is -2.36. The second-order valence-corrected chi connectivity index (χ2v) is 11.6. The van der Waals surface area contributed by atoms with Gasteiger partial charge in [-0.05, 0) is 43.4 Å². The molecule has 0 spiro atoms. The average molecular weight is 589 g/mol. The van der Waals surface area contributed by atoms with E-state index in [0.717, 1.165) is 37.9 Å². The number of imide groups is 1. The van der Waals surface area contributed by atoms with E-state index in [-0.39, 0.29) is 55.7 Å². The predicted octanol–water partition coefficient (Wildman–Crippen LogP) is 2.14. The summed E-state index contributed by atoms with van der Waals surface area (Å²) in [6.07, 6.45) is 5.61. The molecule has 222 valence electrons. The van der Waals surface area contributed by atoms with E-state index in [9.17, 15) is 28.8 Å². The number of urea groups is 1. The number of nitrogens with zero attached hydrogens (tertiary/aromatic N) is 1. The number of nitrogens with one attached hydrogen (secondary N) is 3. The Morgan fingerprint density at radius 2 is 1.63 bits per heavy atom. The van der Waals surface area contributed by atoms with Gasteiger partial charge in [0.2, 0.25) is 5.91 Å². The number of thioether (sulfide) groups is 1. The third kappa shape index (κ3) is 9.20. The minimum absolute atomic E-state index is 0.0342. The van der Waals surface area contributed by atoms with Gasteiger partial charge in [-0.25, -0.2) is 9.59 Å². The monoisotopic (exact) mass is 588 g/mol. The first-order valence-electron chi connectivity index (χ1n) is 14.1. The molecular formula is C28H36N4O8S. The van der Waals surface area contributed by atoms with Gasteiger partial charge in [0.05, 0.1) is 18.5 Å². The molecule has 3 aliphatic rings. The second-order valence-electron chi connectivity index (χ2n) is 10.4. The Bertz CT molecular complexity index is 1130. The van der Waals surface area contributed by atoms with E-state index < -0.39 is 17.8 Å². The van der Waals surface area contributed by atoms with Gasteiger partial charge in [0.25, 0.3) is 11.8 Å². The first-order chi connectivity index (χ1) is 19.8. The van der Waals surface area contributed by atoms with Gasteiger partial charge in [0.15, 0.2) is 0 Å². The molecule has 3 aliphatic heterocycles. The van der Waals surface area contributed by atoms with Gasteiger partial charge in [-0.15, -0.1) is 5.06 Å². The van der Waals surface area contributed by atoms with E-state index in [2.05, 4.69) is 16.0 Å². The number of ether oxygens (including phenoxy) is 1. The maximum atomic E-state index is 12.1. The summed E-state index contributed by atoms with van der Waals surface area (Å²) in [4.78, 5) is 75.6. The normalized spacial score (nSPS) is 21.3. The Morgan fingerprint density at radius 3 is 2.39 bits per heavy atom. The van der Waals surface area contributed by atoms with Crippen molar-refractivity contribution < 1.29 is 38.3 Å². The minimum atomic E-state index is -0.731. The molecule has 1 aromatic carbocycles. The number of rotatable bonds is 15. The molecule has 0 saturated carbocycles. The van der Waals surface area contributed by atoms with Crippen LogP contribution < -0.4 is 20.7 Å². The number of carbonyl (C=O) groups is 6. The lowest BCUT2D eigenvalue weighted by molar-refractivity contribution is -0.197. The van der Waals surface area contributed by atoms with Gasteiger partial charge in [0, 0.05) is 43.2 Å². The molecular weight excluding hydrogens is 552 g/mol. The van der Waals surface area contributed by atoms with Crippen molar-refractivity contribution in [3.05, 3.63) is 29.8 Å². The first-order valence-corrected chi connectivity index (χ1v) is 15.1. The quantitative estimate of drug-likeness (QED) is 0.0917. The molecule has 0 aliphatic carbocycles. The second kappa shape index (κ2) is 14.9. The summed E-state index contributed by atoms with van der Waals surface area (Å²) in [7, 11) is 0. The van der Waals surface area contributed by atoms with Crippen LogP contribution in [0.25, 0.3) is 0 Å². The van der Waals surface area contributed by atoms with Crippen LogP contribution in [-0.4, -0.2) is 70.4 Å². The van der Waals surface area contributed by atoms with E-state index >= 15 is 0 Å². The number of esters is 1. The number of fused-ring (bicyclic) bond motifs is 1. The first kappa shape index (κ1) is 30.4. The molecule has 41 heavy (non-hydrogen) atoms. The number of hydrogen-bond donors (Lipinski definition) is 3. The van der Waals surface area contributed by atoms with Gasteiger partial charge in [-0.2, -0.15) is 11.8 Å². The smallest absolute Gasteiger partial charge is 0.337 e. The maximum Gasteiger partial charge on any atom is 0.337 e. The molecule has 0 radical (unpaired) electrons. The van der Waals surface area contributed by atoms with Gasteiger partial charge in [0.1, 0.15) is 5.75 Å². The van der Waals surface area contributed by atoms with Gasteiger partial charge in [-0.3, -0.25) is 19.2 Å². The highest BCUT2D eigenvalue weighted by Crippen LogP contribution is 2.33. The summed E-state index contributed by atoms with van der Waals surface area (Å²) in [5.74, 6) is -0.844. The molecule has 1 aromatic rings. The van der Waals surface area contributed by atoms with Crippen molar-refractivity contribution in [2.24, 2.45) is 0 Å². The molecule has 0 unspecified atom stereocenters. The van der Waals surface area contributed by atoms with E-state index in [1.54, 1.807) is 24.3 Å². The SMILES string of the molecule is O=C(CCCC[C@@H]1SC[C@@H]2NC(=O)N[C@@H]21)NCCCCCC(=O)Oc1ccc(CC(=O)ON2C(=O)CCC2=O)cc1. The van der Waals surface area contributed by atoms with Gasteiger partial charge >= 0.3 is 18.0 Å². The summed E-state index contributed by atoms with van der Waals surface area (Å²) in [6.45, 7) is 0.567. The molecule has 0 aromatic heterocycles. The van der Waals surface area contributed by atoms with Crippen LogP contribution in [0, 0.1) is 0 Å². The van der Waals surface area contributed by atoms with Crippen LogP contribution in [0.4, 0.5) is 4.79 Å². The highest BCUT2D eigenvalue weighted by atomic mass is 32.2. The van der Waals surface area contributed by atoms with Crippen LogP contribution in [0.3, 0.4) is 0 Å². The molecule has 3 saturated heterocycles. The largest absolute Gasteiger partial charge is 0.427 e. The lowest BCUT2D eigenvalue weighted by atomic mass is 10.0. The number of benzene rings is 1. The Balaban J connectivity index is 0.996. The fourth-order valence-corrected chi connectivity index (χ4v) is 6.52. The van der Waals surface area contributed by atoms with Crippen molar-refractivity contribution in [1.82, 2.24) is 21.0 Å². The fourth-order valence-electron chi connectivity index (χ4n) is 4.98. The minimum Gasteiger partial charge on any atom is -0.427 e. The fraction of sp³-hybridized carbons (Fsp3) is 0.571. The molecule has 0 bridgehead atoms. The van der Waals surface area contributed by atoms with E-state index in [1.807, 2.05) is 11.8 Å². The zero-order valence-electron chi connectivity index (χ0n) is 22.9. The number of hydroxylamine groups is 2. The summed E-state index contributed by atoms with van der Waals surface area (Å²) < 4.78 is 5.33. The molecule has 4 rings (SSSR count). The Labute approximate surface area is 242 Å². The molecule has 13 heteroatoms. The van der Waals surface area contributed by atoms with Crippen LogP contribution >= 0.6 is 11.8 Å². The average Bonchev–Trinajstić information content (AvgIpc) is 3.59. The van der Waals surface area contributed by atoms with Gasteiger partial charge in [-0.1, -0.05) is 25.0 Å². The Hall–Kier alpha value is -3.61. The lowest BCUT2D eigenvalue weighted by Gasteiger charge is -2.16. The maximum absolute atomic E-state index is 12.1. The number of amides is 5. The van der Waals surface area contributed by atoms with Crippen LogP contribution in [0.5, 0.6) is 5.75 Å². The summed E-state index contributed by atoms with van der Waals surface area (Å²) in [5.41, 5.74) is 0.582. The van der Waals surface area contributed by atoms with Crippen molar-refractivity contribution in [3.8, 4) is 5.75 Å².